The monoisotopic (exact) mass is 395 g/mol. The summed E-state index contributed by atoms with van der Waals surface area (Å²) in [5.74, 6) is -0.0896. The molecule has 5 nitrogen and oxygen atoms in total. The first-order valence-electron chi connectivity index (χ1n) is 9.91. The number of pyridine rings is 1. The summed E-state index contributed by atoms with van der Waals surface area (Å²) >= 11 is 0. The van der Waals surface area contributed by atoms with Crippen molar-refractivity contribution in [3.05, 3.63) is 65.9 Å². The molecular formula is C22H23F2N5. The van der Waals surface area contributed by atoms with E-state index >= 15 is 0 Å². The van der Waals surface area contributed by atoms with Crippen molar-refractivity contribution in [1.82, 2.24) is 15.0 Å². The molecule has 1 aliphatic rings. The Labute approximate surface area is 168 Å². The number of hydrogen-bond donors (Lipinski definition) is 2. The molecule has 0 amide bonds. The van der Waals surface area contributed by atoms with Gasteiger partial charge in [-0.05, 0) is 42.7 Å². The third-order valence-electron chi connectivity index (χ3n) is 4.99. The number of rotatable bonds is 6. The summed E-state index contributed by atoms with van der Waals surface area (Å²) in [5, 5.41) is 6.59. The van der Waals surface area contributed by atoms with Crippen LogP contribution in [-0.2, 0) is 6.54 Å². The molecule has 2 heterocycles. The first-order valence-corrected chi connectivity index (χ1v) is 9.91. The highest BCUT2D eigenvalue weighted by atomic mass is 19.1. The van der Waals surface area contributed by atoms with Gasteiger partial charge in [0.1, 0.15) is 17.5 Å². The van der Waals surface area contributed by atoms with Crippen LogP contribution in [0.2, 0.25) is 0 Å². The van der Waals surface area contributed by atoms with E-state index in [1.807, 2.05) is 18.2 Å². The van der Waals surface area contributed by atoms with Crippen molar-refractivity contribution in [2.75, 3.05) is 10.6 Å². The van der Waals surface area contributed by atoms with E-state index in [0.29, 0.717) is 29.1 Å². The Morgan fingerprint density at radius 1 is 0.897 bits per heavy atom. The van der Waals surface area contributed by atoms with Gasteiger partial charge in [0.05, 0.1) is 11.4 Å². The fraction of sp³-hybridized carbons (Fsp3) is 0.318. The van der Waals surface area contributed by atoms with Crippen LogP contribution in [0.1, 0.15) is 37.7 Å². The van der Waals surface area contributed by atoms with Crippen LogP contribution >= 0.6 is 0 Å². The number of nitrogens with zero attached hydrogens (tertiary/aromatic N) is 3. The van der Waals surface area contributed by atoms with Gasteiger partial charge < -0.3 is 10.6 Å². The highest BCUT2D eigenvalue weighted by Gasteiger charge is 2.16. The summed E-state index contributed by atoms with van der Waals surface area (Å²) < 4.78 is 26.9. The van der Waals surface area contributed by atoms with Gasteiger partial charge in [-0.2, -0.15) is 4.98 Å². The molecule has 0 atom stereocenters. The van der Waals surface area contributed by atoms with Crippen molar-refractivity contribution in [3.63, 3.8) is 0 Å². The molecule has 0 spiro atoms. The smallest absolute Gasteiger partial charge is 0.225 e. The quantitative estimate of drug-likeness (QED) is 0.603. The Balaban J connectivity index is 1.58. The highest BCUT2D eigenvalue weighted by molar-refractivity contribution is 5.61. The molecular weight excluding hydrogens is 372 g/mol. The zero-order valence-electron chi connectivity index (χ0n) is 16.0. The minimum Gasteiger partial charge on any atom is -0.366 e. The lowest BCUT2D eigenvalue weighted by Crippen LogP contribution is -2.23. The van der Waals surface area contributed by atoms with Gasteiger partial charge in [-0.3, -0.25) is 4.98 Å². The molecule has 2 aromatic heterocycles. The molecule has 1 saturated carbocycles. The summed E-state index contributed by atoms with van der Waals surface area (Å²) in [6, 6.07) is 11.3. The zero-order valence-corrected chi connectivity index (χ0v) is 16.0. The van der Waals surface area contributed by atoms with Crippen LogP contribution in [0.4, 0.5) is 20.5 Å². The minimum atomic E-state index is -0.599. The van der Waals surface area contributed by atoms with E-state index in [1.54, 1.807) is 12.3 Å². The van der Waals surface area contributed by atoms with Crippen LogP contribution in [0, 0.1) is 11.6 Å². The van der Waals surface area contributed by atoms with Crippen LogP contribution < -0.4 is 10.6 Å². The molecule has 0 radical (unpaired) electrons. The van der Waals surface area contributed by atoms with Gasteiger partial charge in [-0.1, -0.05) is 25.3 Å². The minimum absolute atomic E-state index is 0.246. The fourth-order valence-electron chi connectivity index (χ4n) is 3.58. The molecule has 4 rings (SSSR count). The van der Waals surface area contributed by atoms with Crippen LogP contribution in [0.25, 0.3) is 11.4 Å². The molecule has 1 aliphatic carbocycles. The van der Waals surface area contributed by atoms with Gasteiger partial charge in [-0.15, -0.1) is 0 Å². The largest absolute Gasteiger partial charge is 0.366 e. The van der Waals surface area contributed by atoms with Crippen molar-refractivity contribution < 1.29 is 8.78 Å². The van der Waals surface area contributed by atoms with E-state index in [0.717, 1.165) is 24.6 Å². The summed E-state index contributed by atoms with van der Waals surface area (Å²) in [7, 11) is 0. The first kappa shape index (κ1) is 19.2. The summed E-state index contributed by atoms with van der Waals surface area (Å²) in [5.41, 5.74) is 1.93. The van der Waals surface area contributed by atoms with E-state index in [9.17, 15) is 8.78 Å². The summed E-state index contributed by atoms with van der Waals surface area (Å²) in [4.78, 5) is 13.6. The molecule has 150 valence electrons. The second-order valence-corrected chi connectivity index (χ2v) is 7.29. The average Bonchev–Trinajstić information content (AvgIpc) is 2.73. The van der Waals surface area contributed by atoms with Gasteiger partial charge in [-0.25, -0.2) is 13.8 Å². The third kappa shape index (κ3) is 5.25. The summed E-state index contributed by atoms with van der Waals surface area (Å²) in [6.45, 7) is 0.246. The van der Waals surface area contributed by atoms with Gasteiger partial charge in [0.25, 0.3) is 0 Å². The predicted octanol–water partition coefficient (Wildman–Crippen LogP) is 5.17. The van der Waals surface area contributed by atoms with Crippen molar-refractivity contribution >= 4 is 11.8 Å². The topological polar surface area (TPSA) is 62.7 Å². The van der Waals surface area contributed by atoms with Crippen LogP contribution in [0.15, 0.2) is 48.7 Å². The van der Waals surface area contributed by atoms with Gasteiger partial charge in [0.2, 0.25) is 5.95 Å². The molecule has 0 unspecified atom stereocenters. The van der Waals surface area contributed by atoms with E-state index in [4.69, 9.17) is 0 Å². The standard InChI is InChI=1S/C22H23F2N5/c23-16-10-15(11-17(24)12-16)14-26-21-13-20(19-8-4-5-9-25-19)28-22(29-21)27-18-6-2-1-3-7-18/h4-5,8-13,18H,1-3,6-7,14H2,(H2,26,27,28,29). The molecule has 3 aromatic rings. The maximum absolute atomic E-state index is 13.5. The zero-order chi connectivity index (χ0) is 20.1. The lowest BCUT2D eigenvalue weighted by atomic mass is 9.96. The normalized spacial score (nSPS) is 14.6. The van der Waals surface area contributed by atoms with E-state index in [-0.39, 0.29) is 6.54 Å². The van der Waals surface area contributed by atoms with Crippen molar-refractivity contribution in [2.24, 2.45) is 0 Å². The Morgan fingerprint density at radius 2 is 1.69 bits per heavy atom. The highest BCUT2D eigenvalue weighted by Crippen LogP contribution is 2.24. The second-order valence-electron chi connectivity index (χ2n) is 7.29. The molecule has 29 heavy (non-hydrogen) atoms. The first-order chi connectivity index (χ1) is 14.2. The molecule has 0 bridgehead atoms. The number of aromatic nitrogens is 3. The number of benzene rings is 1. The molecule has 0 aliphatic heterocycles. The van der Waals surface area contributed by atoms with Gasteiger partial charge in [0.15, 0.2) is 0 Å². The third-order valence-corrected chi connectivity index (χ3v) is 4.99. The van der Waals surface area contributed by atoms with Crippen LogP contribution in [-0.4, -0.2) is 21.0 Å². The van der Waals surface area contributed by atoms with Crippen molar-refractivity contribution in [1.29, 1.82) is 0 Å². The second kappa shape index (κ2) is 8.94. The van der Waals surface area contributed by atoms with Crippen LogP contribution in [0.5, 0.6) is 0 Å². The predicted molar refractivity (Wildman–Crippen MR) is 109 cm³/mol. The van der Waals surface area contributed by atoms with Crippen molar-refractivity contribution in [3.8, 4) is 11.4 Å². The summed E-state index contributed by atoms with van der Waals surface area (Å²) in [6.07, 6.45) is 7.59. The Hall–Kier alpha value is -3.09. The maximum Gasteiger partial charge on any atom is 0.225 e. The molecule has 0 saturated heterocycles. The molecule has 2 N–H and O–H groups in total. The molecule has 1 fully saturated rings. The number of anilines is 2. The number of nitrogens with one attached hydrogen (secondary N) is 2. The number of hydrogen-bond acceptors (Lipinski definition) is 5. The lowest BCUT2D eigenvalue weighted by molar-refractivity contribution is 0.461. The van der Waals surface area contributed by atoms with Crippen molar-refractivity contribution in [2.45, 2.75) is 44.7 Å². The van der Waals surface area contributed by atoms with Crippen LogP contribution in [0.3, 0.4) is 0 Å². The Bertz CT molecular complexity index is 938. The van der Waals surface area contributed by atoms with E-state index in [1.165, 1.54) is 31.4 Å². The average molecular weight is 395 g/mol. The SMILES string of the molecule is Fc1cc(F)cc(CNc2cc(-c3ccccn3)nc(NC3CCCCC3)n2)c1. The van der Waals surface area contributed by atoms with E-state index in [2.05, 4.69) is 25.6 Å². The number of halogens is 2. The molecule has 1 aromatic carbocycles. The van der Waals surface area contributed by atoms with Gasteiger partial charge >= 0.3 is 0 Å². The molecule has 7 heteroatoms. The van der Waals surface area contributed by atoms with Gasteiger partial charge in [0, 0.05) is 30.9 Å². The lowest BCUT2D eigenvalue weighted by Gasteiger charge is -2.23. The fourth-order valence-corrected chi connectivity index (χ4v) is 3.58. The van der Waals surface area contributed by atoms with E-state index < -0.39 is 11.6 Å². The Kier molecular flexibility index (Phi) is 5.93. The maximum atomic E-state index is 13.5. The Morgan fingerprint density at radius 3 is 2.41 bits per heavy atom.